The molecule has 1 aliphatic heterocycles. The summed E-state index contributed by atoms with van der Waals surface area (Å²) in [6.07, 6.45) is 0. The fourth-order valence-corrected chi connectivity index (χ4v) is 3.00. The molecule has 1 heterocycles. The van der Waals surface area contributed by atoms with E-state index in [1.807, 2.05) is 12.1 Å². The van der Waals surface area contributed by atoms with E-state index < -0.39 is 0 Å². The number of hydrogen-bond acceptors (Lipinski definition) is 3. The zero-order valence-corrected chi connectivity index (χ0v) is 12.1. The Morgan fingerprint density at radius 1 is 1.32 bits per heavy atom. The fourth-order valence-electron chi connectivity index (χ4n) is 3.00. The second kappa shape index (κ2) is 5.99. The molecule has 3 nitrogen and oxygen atoms in total. The fraction of sp³-hybridized carbons (Fsp3) is 0.600. The zero-order chi connectivity index (χ0) is 14.0. The second-order valence-electron chi connectivity index (χ2n) is 5.80. The van der Waals surface area contributed by atoms with Gasteiger partial charge in [-0.3, -0.25) is 4.90 Å². The van der Waals surface area contributed by atoms with Crippen LogP contribution in [-0.4, -0.2) is 43.0 Å². The smallest absolute Gasteiger partial charge is 0.132 e. The molecule has 2 unspecified atom stereocenters. The Bertz CT molecular complexity index is 433. The van der Waals surface area contributed by atoms with Crippen LogP contribution in [0.3, 0.4) is 0 Å². The SMILES string of the molecule is CC1CN(Cc2cccc(CN)c2F)CC1N(C)C. The highest BCUT2D eigenvalue weighted by Gasteiger charge is 2.31. The van der Waals surface area contributed by atoms with Crippen molar-refractivity contribution >= 4 is 0 Å². The van der Waals surface area contributed by atoms with Crippen LogP contribution in [0.1, 0.15) is 18.1 Å². The topological polar surface area (TPSA) is 32.5 Å². The molecule has 0 amide bonds. The summed E-state index contributed by atoms with van der Waals surface area (Å²) < 4.78 is 14.2. The van der Waals surface area contributed by atoms with Crippen LogP contribution >= 0.6 is 0 Å². The number of nitrogens with two attached hydrogens (primary N) is 1. The van der Waals surface area contributed by atoms with Gasteiger partial charge in [0.2, 0.25) is 0 Å². The first-order valence-corrected chi connectivity index (χ1v) is 6.88. The van der Waals surface area contributed by atoms with Gasteiger partial charge in [0.15, 0.2) is 0 Å². The number of nitrogens with zero attached hydrogens (tertiary/aromatic N) is 2. The molecule has 1 saturated heterocycles. The third-order valence-corrected chi connectivity index (χ3v) is 4.08. The molecule has 19 heavy (non-hydrogen) atoms. The number of likely N-dealkylation sites (N-methyl/N-ethyl adjacent to an activating group) is 1. The van der Waals surface area contributed by atoms with E-state index in [-0.39, 0.29) is 12.4 Å². The summed E-state index contributed by atoms with van der Waals surface area (Å²) in [6.45, 7) is 5.22. The Kier molecular flexibility index (Phi) is 4.55. The Labute approximate surface area is 115 Å². The van der Waals surface area contributed by atoms with Gasteiger partial charge in [-0.05, 0) is 20.0 Å². The summed E-state index contributed by atoms with van der Waals surface area (Å²) in [5, 5.41) is 0. The predicted molar refractivity (Wildman–Crippen MR) is 76.2 cm³/mol. The van der Waals surface area contributed by atoms with Gasteiger partial charge in [-0.1, -0.05) is 25.1 Å². The van der Waals surface area contributed by atoms with E-state index >= 15 is 0 Å². The van der Waals surface area contributed by atoms with E-state index in [1.165, 1.54) is 0 Å². The van der Waals surface area contributed by atoms with Crippen molar-refractivity contribution in [3.63, 3.8) is 0 Å². The molecule has 0 aliphatic carbocycles. The Morgan fingerprint density at radius 3 is 2.58 bits per heavy atom. The highest BCUT2D eigenvalue weighted by atomic mass is 19.1. The van der Waals surface area contributed by atoms with Gasteiger partial charge in [-0.15, -0.1) is 0 Å². The molecule has 1 aromatic carbocycles. The Balaban J connectivity index is 2.07. The molecular formula is C15H24FN3. The van der Waals surface area contributed by atoms with Crippen LogP contribution in [0.2, 0.25) is 0 Å². The third kappa shape index (κ3) is 3.14. The monoisotopic (exact) mass is 265 g/mol. The minimum absolute atomic E-state index is 0.133. The van der Waals surface area contributed by atoms with Gasteiger partial charge < -0.3 is 10.6 Å². The third-order valence-electron chi connectivity index (χ3n) is 4.08. The van der Waals surface area contributed by atoms with Crippen LogP contribution in [0.25, 0.3) is 0 Å². The Hall–Kier alpha value is -0.970. The minimum Gasteiger partial charge on any atom is -0.326 e. The van der Waals surface area contributed by atoms with Gasteiger partial charge in [0.25, 0.3) is 0 Å². The van der Waals surface area contributed by atoms with Crippen molar-refractivity contribution in [3.05, 3.63) is 35.1 Å². The van der Waals surface area contributed by atoms with Crippen LogP contribution in [0.4, 0.5) is 4.39 Å². The lowest BCUT2D eigenvalue weighted by Crippen LogP contribution is -2.34. The summed E-state index contributed by atoms with van der Waals surface area (Å²) in [5.41, 5.74) is 6.92. The van der Waals surface area contributed by atoms with Gasteiger partial charge in [0.1, 0.15) is 5.82 Å². The van der Waals surface area contributed by atoms with Crippen molar-refractivity contribution < 1.29 is 4.39 Å². The van der Waals surface area contributed by atoms with Crippen LogP contribution in [0.5, 0.6) is 0 Å². The molecular weight excluding hydrogens is 241 g/mol. The van der Waals surface area contributed by atoms with E-state index in [1.54, 1.807) is 6.07 Å². The number of benzene rings is 1. The van der Waals surface area contributed by atoms with Crippen molar-refractivity contribution in [1.82, 2.24) is 9.80 Å². The molecule has 1 aromatic rings. The van der Waals surface area contributed by atoms with E-state index in [4.69, 9.17) is 5.73 Å². The first kappa shape index (κ1) is 14.4. The first-order valence-electron chi connectivity index (χ1n) is 6.88. The molecule has 0 radical (unpaired) electrons. The highest BCUT2D eigenvalue weighted by molar-refractivity contribution is 5.26. The van der Waals surface area contributed by atoms with Crippen molar-refractivity contribution in [3.8, 4) is 0 Å². The first-order chi connectivity index (χ1) is 9.02. The van der Waals surface area contributed by atoms with Crippen LogP contribution in [0.15, 0.2) is 18.2 Å². The molecule has 0 aromatic heterocycles. The second-order valence-corrected chi connectivity index (χ2v) is 5.80. The van der Waals surface area contributed by atoms with Gasteiger partial charge in [0, 0.05) is 43.3 Å². The van der Waals surface area contributed by atoms with E-state index in [9.17, 15) is 4.39 Å². The quantitative estimate of drug-likeness (QED) is 0.899. The lowest BCUT2D eigenvalue weighted by atomic mass is 10.1. The lowest BCUT2D eigenvalue weighted by Gasteiger charge is -2.22. The normalized spacial score (nSPS) is 24.3. The number of halogens is 1. The molecule has 106 valence electrons. The van der Waals surface area contributed by atoms with Crippen LogP contribution in [-0.2, 0) is 13.1 Å². The largest absolute Gasteiger partial charge is 0.326 e. The van der Waals surface area contributed by atoms with E-state index in [0.29, 0.717) is 24.1 Å². The average molecular weight is 265 g/mol. The van der Waals surface area contributed by atoms with Gasteiger partial charge >= 0.3 is 0 Å². The van der Waals surface area contributed by atoms with Crippen molar-refractivity contribution in [1.29, 1.82) is 0 Å². The number of rotatable bonds is 4. The van der Waals surface area contributed by atoms with Crippen LogP contribution in [0, 0.1) is 11.7 Å². The maximum atomic E-state index is 14.2. The van der Waals surface area contributed by atoms with E-state index in [2.05, 4.69) is 30.8 Å². The van der Waals surface area contributed by atoms with Crippen LogP contribution < -0.4 is 5.73 Å². The molecule has 1 fully saturated rings. The zero-order valence-electron chi connectivity index (χ0n) is 12.1. The van der Waals surface area contributed by atoms with Crippen molar-refractivity contribution in [2.45, 2.75) is 26.1 Å². The molecule has 0 bridgehead atoms. The van der Waals surface area contributed by atoms with Gasteiger partial charge in [-0.2, -0.15) is 0 Å². The summed E-state index contributed by atoms with van der Waals surface area (Å²) >= 11 is 0. The van der Waals surface area contributed by atoms with Crippen molar-refractivity contribution in [2.24, 2.45) is 11.7 Å². The van der Waals surface area contributed by atoms with Gasteiger partial charge in [0.05, 0.1) is 0 Å². The average Bonchev–Trinajstić information content (AvgIpc) is 2.73. The molecule has 2 N–H and O–H groups in total. The summed E-state index contributed by atoms with van der Waals surface area (Å²) in [5.74, 6) is 0.488. The standard InChI is InChI=1S/C15H24FN3/c1-11-8-19(10-14(11)18(2)3)9-13-6-4-5-12(7-17)15(13)16/h4-6,11,14H,7-10,17H2,1-3H3. The molecule has 4 heteroatoms. The molecule has 1 aliphatic rings. The predicted octanol–water partition coefficient (Wildman–Crippen LogP) is 1.67. The maximum absolute atomic E-state index is 14.2. The van der Waals surface area contributed by atoms with E-state index in [0.717, 1.165) is 18.7 Å². The maximum Gasteiger partial charge on any atom is 0.132 e. The number of likely N-dealkylation sites (tertiary alicyclic amines) is 1. The summed E-state index contributed by atoms with van der Waals surface area (Å²) in [4.78, 5) is 4.59. The molecule has 0 spiro atoms. The highest BCUT2D eigenvalue weighted by Crippen LogP contribution is 2.23. The lowest BCUT2D eigenvalue weighted by molar-refractivity contribution is 0.249. The summed E-state index contributed by atoms with van der Waals surface area (Å²) in [6, 6.07) is 6.07. The molecule has 0 saturated carbocycles. The number of hydrogen-bond donors (Lipinski definition) is 1. The molecule has 2 atom stereocenters. The minimum atomic E-state index is -0.133. The van der Waals surface area contributed by atoms with Crippen molar-refractivity contribution in [2.75, 3.05) is 27.2 Å². The van der Waals surface area contributed by atoms with Gasteiger partial charge in [-0.25, -0.2) is 4.39 Å². The summed E-state index contributed by atoms with van der Waals surface area (Å²) in [7, 11) is 4.22. The molecule has 2 rings (SSSR count). The Morgan fingerprint density at radius 2 is 2.00 bits per heavy atom.